The fourth-order valence-corrected chi connectivity index (χ4v) is 4.12. The Kier molecular flexibility index (Phi) is 8.78. The lowest BCUT2D eigenvalue weighted by molar-refractivity contribution is -0.130. The van der Waals surface area contributed by atoms with Crippen LogP contribution < -0.4 is 22.4 Å². The molecule has 2 aromatic carbocycles. The molecule has 2 aromatic rings. The molecule has 188 valence electrons. The molecule has 0 radical (unpaired) electrons. The van der Waals surface area contributed by atoms with Crippen LogP contribution in [-0.4, -0.2) is 34.1 Å². The Morgan fingerprint density at radius 3 is 2.51 bits per heavy atom. The largest absolute Gasteiger partial charge is 0.399 e. The number of hydroxylamine groups is 1. The predicted octanol–water partition coefficient (Wildman–Crippen LogP) is 2.44. The average molecular weight is 488 g/mol. The molecule has 0 saturated carbocycles. The lowest BCUT2D eigenvalue weighted by atomic mass is 9.89. The number of hydrazine groups is 1. The molecule has 3 rings (SSSR count). The van der Waals surface area contributed by atoms with Crippen LogP contribution in [-0.2, 0) is 24.1 Å². The highest BCUT2D eigenvalue weighted by molar-refractivity contribution is 5.94. The number of hydrogen-bond acceptors (Lipinski definition) is 6. The molecule has 0 aromatic heterocycles. The summed E-state index contributed by atoms with van der Waals surface area (Å²) in [4.78, 5) is 24.3. The van der Waals surface area contributed by atoms with Gasteiger partial charge in [-0.3, -0.25) is 14.8 Å². The Morgan fingerprint density at radius 2 is 1.83 bits per heavy atom. The molecular weight excluding hydrogens is 456 g/mol. The summed E-state index contributed by atoms with van der Waals surface area (Å²) in [6.07, 6.45) is 6.13. The third-order valence-electron chi connectivity index (χ3n) is 6.18. The van der Waals surface area contributed by atoms with Crippen molar-refractivity contribution in [2.24, 2.45) is 11.6 Å². The number of aryl methyl sites for hydroxylation is 2. The molecule has 0 fully saturated rings. The van der Waals surface area contributed by atoms with Gasteiger partial charge in [0.25, 0.3) is 5.91 Å². The predicted molar refractivity (Wildman–Crippen MR) is 127 cm³/mol. The fourth-order valence-electron chi connectivity index (χ4n) is 4.12. The number of carbonyl (C=O) groups excluding carboxylic acids is 2. The van der Waals surface area contributed by atoms with Gasteiger partial charge in [0.1, 0.15) is 0 Å². The summed E-state index contributed by atoms with van der Waals surface area (Å²) in [6.45, 7) is 1.61. The molecular formula is C25H31F2N5O3. The molecule has 0 spiro atoms. The number of fused-ring (bicyclic) bond motifs is 1. The molecule has 10 heteroatoms. The highest BCUT2D eigenvalue weighted by Gasteiger charge is 2.21. The van der Waals surface area contributed by atoms with Crippen LogP contribution in [0.15, 0.2) is 48.3 Å². The van der Waals surface area contributed by atoms with Crippen LogP contribution >= 0.6 is 0 Å². The summed E-state index contributed by atoms with van der Waals surface area (Å²) in [7, 11) is 0. The standard InChI is InChI=1S/C25H31F2N5O3/c1-15(30-25(34)19-8-9-21(26)22(27)12-19)23(28)14-32(29)20(13-24(33)31-35)11-16-6-7-17-4-2-3-5-18(17)10-16/h6-10,12,14-15,20,35H,2-5,11,13,28-29H2,1H3,(H,30,34)(H,31,33)/b23-14-. The molecule has 0 saturated heterocycles. The first-order valence-electron chi connectivity index (χ1n) is 11.5. The van der Waals surface area contributed by atoms with Gasteiger partial charge in [0.2, 0.25) is 5.91 Å². The number of nitrogens with zero attached hydrogens (tertiary/aromatic N) is 1. The summed E-state index contributed by atoms with van der Waals surface area (Å²) in [6, 6.07) is 7.85. The number of benzene rings is 2. The van der Waals surface area contributed by atoms with Crippen LogP contribution in [0.25, 0.3) is 0 Å². The van der Waals surface area contributed by atoms with E-state index in [1.807, 2.05) is 6.07 Å². The maximum Gasteiger partial charge on any atom is 0.251 e. The van der Waals surface area contributed by atoms with Gasteiger partial charge in [0.05, 0.1) is 18.5 Å². The Labute approximate surface area is 202 Å². The van der Waals surface area contributed by atoms with E-state index in [0.717, 1.165) is 43.0 Å². The van der Waals surface area contributed by atoms with E-state index in [-0.39, 0.29) is 17.7 Å². The molecule has 0 aliphatic heterocycles. The molecule has 2 unspecified atom stereocenters. The van der Waals surface area contributed by atoms with Crippen molar-refractivity contribution in [3.05, 3.63) is 82.2 Å². The second-order valence-electron chi connectivity index (χ2n) is 8.81. The first-order valence-corrected chi connectivity index (χ1v) is 11.5. The third kappa shape index (κ3) is 7.00. The van der Waals surface area contributed by atoms with E-state index in [4.69, 9.17) is 16.8 Å². The van der Waals surface area contributed by atoms with Crippen molar-refractivity contribution in [3.63, 3.8) is 0 Å². The summed E-state index contributed by atoms with van der Waals surface area (Å²) in [5.41, 5.74) is 11.5. The molecule has 2 amide bonds. The first-order chi connectivity index (χ1) is 16.7. The highest BCUT2D eigenvalue weighted by atomic mass is 19.2. The number of hydrogen-bond donors (Lipinski definition) is 5. The molecule has 0 heterocycles. The number of amides is 2. The van der Waals surface area contributed by atoms with Gasteiger partial charge in [-0.15, -0.1) is 0 Å². The minimum Gasteiger partial charge on any atom is -0.399 e. The maximum atomic E-state index is 13.4. The first kappa shape index (κ1) is 26.1. The van der Waals surface area contributed by atoms with Crippen molar-refractivity contribution < 1.29 is 23.6 Å². The smallest absolute Gasteiger partial charge is 0.251 e. The van der Waals surface area contributed by atoms with Crippen LogP contribution in [0.3, 0.4) is 0 Å². The lowest BCUT2D eigenvalue weighted by Gasteiger charge is -2.28. The van der Waals surface area contributed by atoms with Crippen LogP contribution in [0.4, 0.5) is 8.78 Å². The van der Waals surface area contributed by atoms with Gasteiger partial charge in [-0.2, -0.15) is 0 Å². The summed E-state index contributed by atoms with van der Waals surface area (Å²) >= 11 is 0. The van der Waals surface area contributed by atoms with Crippen molar-refractivity contribution in [1.82, 2.24) is 15.8 Å². The minimum atomic E-state index is -1.13. The Balaban J connectivity index is 1.71. The molecule has 0 bridgehead atoms. The van der Waals surface area contributed by atoms with E-state index >= 15 is 0 Å². The molecule has 35 heavy (non-hydrogen) atoms. The number of halogens is 2. The zero-order valence-electron chi connectivity index (χ0n) is 19.6. The van der Waals surface area contributed by atoms with Crippen molar-refractivity contribution in [2.75, 3.05) is 0 Å². The normalized spacial score (nSPS) is 15.1. The topological polar surface area (TPSA) is 134 Å². The summed E-state index contributed by atoms with van der Waals surface area (Å²) in [5, 5.41) is 12.9. The van der Waals surface area contributed by atoms with Gasteiger partial charge in [-0.25, -0.2) is 20.1 Å². The average Bonchev–Trinajstić information content (AvgIpc) is 2.84. The molecule has 1 aliphatic carbocycles. The Bertz CT molecular complexity index is 1110. The highest BCUT2D eigenvalue weighted by Crippen LogP contribution is 2.23. The van der Waals surface area contributed by atoms with E-state index in [0.29, 0.717) is 6.42 Å². The minimum absolute atomic E-state index is 0.0574. The third-order valence-corrected chi connectivity index (χ3v) is 6.18. The van der Waals surface area contributed by atoms with E-state index in [2.05, 4.69) is 17.4 Å². The molecule has 7 N–H and O–H groups in total. The Morgan fingerprint density at radius 1 is 1.11 bits per heavy atom. The van der Waals surface area contributed by atoms with Crippen LogP contribution in [0.2, 0.25) is 0 Å². The maximum absolute atomic E-state index is 13.4. The van der Waals surface area contributed by atoms with Gasteiger partial charge < -0.3 is 16.1 Å². The quantitative estimate of drug-likeness (QED) is 0.210. The number of carbonyl (C=O) groups is 2. The van der Waals surface area contributed by atoms with Crippen LogP contribution in [0, 0.1) is 11.6 Å². The zero-order chi connectivity index (χ0) is 25.5. The van der Waals surface area contributed by atoms with Crippen LogP contribution in [0.5, 0.6) is 0 Å². The van der Waals surface area contributed by atoms with Crippen molar-refractivity contribution in [2.45, 2.75) is 57.5 Å². The monoisotopic (exact) mass is 487 g/mol. The summed E-state index contributed by atoms with van der Waals surface area (Å²) < 4.78 is 26.6. The van der Waals surface area contributed by atoms with E-state index in [9.17, 15) is 18.4 Å². The number of rotatable bonds is 9. The number of nitrogens with one attached hydrogen (secondary N) is 2. The van der Waals surface area contributed by atoms with Gasteiger partial charge in [0, 0.05) is 17.5 Å². The zero-order valence-corrected chi connectivity index (χ0v) is 19.6. The van der Waals surface area contributed by atoms with E-state index in [1.54, 1.807) is 12.4 Å². The second-order valence-corrected chi connectivity index (χ2v) is 8.81. The van der Waals surface area contributed by atoms with Gasteiger partial charge in [0.15, 0.2) is 11.6 Å². The SMILES string of the molecule is CC(NC(=O)c1ccc(F)c(F)c1)/C(N)=C/N(N)C(CC(=O)NO)Cc1ccc2c(c1)CCCC2. The van der Waals surface area contributed by atoms with E-state index in [1.165, 1.54) is 28.8 Å². The van der Waals surface area contributed by atoms with Gasteiger partial charge in [-0.05, 0) is 73.9 Å². The van der Waals surface area contributed by atoms with Gasteiger partial charge >= 0.3 is 0 Å². The van der Waals surface area contributed by atoms with Crippen molar-refractivity contribution >= 4 is 11.8 Å². The summed E-state index contributed by atoms with van der Waals surface area (Å²) in [5.74, 6) is 2.81. The van der Waals surface area contributed by atoms with Crippen LogP contribution in [0.1, 0.15) is 53.2 Å². The lowest BCUT2D eigenvalue weighted by Crippen LogP contribution is -2.44. The fraction of sp³-hybridized carbons (Fsp3) is 0.360. The van der Waals surface area contributed by atoms with Crippen molar-refractivity contribution in [3.8, 4) is 0 Å². The molecule has 2 atom stereocenters. The number of nitrogens with two attached hydrogens (primary N) is 2. The second kappa shape index (κ2) is 11.8. The molecule has 1 aliphatic rings. The van der Waals surface area contributed by atoms with E-state index < -0.39 is 35.5 Å². The van der Waals surface area contributed by atoms with Gasteiger partial charge in [-0.1, -0.05) is 18.2 Å². The molecule has 8 nitrogen and oxygen atoms in total. The Hall–Kier alpha value is -3.50. The van der Waals surface area contributed by atoms with Crippen molar-refractivity contribution in [1.29, 1.82) is 0 Å².